The van der Waals surface area contributed by atoms with Crippen LogP contribution in [0.2, 0.25) is 0 Å². The summed E-state index contributed by atoms with van der Waals surface area (Å²) in [6, 6.07) is 4.78. The number of hydrogen-bond acceptors (Lipinski definition) is 5. The first kappa shape index (κ1) is 15.5. The molecule has 4 nitrogen and oxygen atoms in total. The summed E-state index contributed by atoms with van der Waals surface area (Å²) in [4.78, 5) is 18.8. The van der Waals surface area contributed by atoms with E-state index in [1.807, 2.05) is 20.8 Å². The third-order valence-electron chi connectivity index (χ3n) is 3.43. The minimum Gasteiger partial charge on any atom is -0.359 e. The van der Waals surface area contributed by atoms with Gasteiger partial charge >= 0.3 is 0 Å². The zero-order valence-electron chi connectivity index (χ0n) is 13.1. The molecule has 118 valence electrons. The van der Waals surface area contributed by atoms with Gasteiger partial charge in [-0.15, -0.1) is 22.7 Å². The molecule has 2 N–H and O–H groups in total. The van der Waals surface area contributed by atoms with Gasteiger partial charge in [0.2, 0.25) is 5.91 Å². The average molecular weight is 335 g/mol. The van der Waals surface area contributed by atoms with Crippen LogP contribution in [0.3, 0.4) is 0 Å². The van der Waals surface area contributed by atoms with Gasteiger partial charge in [0.05, 0.1) is 17.1 Å². The van der Waals surface area contributed by atoms with Crippen molar-refractivity contribution in [2.45, 2.75) is 46.2 Å². The van der Waals surface area contributed by atoms with E-state index in [1.54, 1.807) is 22.7 Å². The molecule has 3 rings (SSSR count). The Bertz CT molecular complexity index is 665. The van der Waals surface area contributed by atoms with Gasteiger partial charge < -0.3 is 10.6 Å². The number of aromatic nitrogens is 1. The van der Waals surface area contributed by atoms with Gasteiger partial charge in [-0.25, -0.2) is 4.98 Å². The van der Waals surface area contributed by atoms with Crippen LogP contribution in [-0.2, 0) is 11.3 Å². The number of nitrogens with one attached hydrogen (secondary N) is 2. The predicted octanol–water partition coefficient (Wildman–Crippen LogP) is 4.11. The molecule has 0 aliphatic heterocycles. The summed E-state index contributed by atoms with van der Waals surface area (Å²) in [5, 5.41) is 9.51. The molecule has 2 aromatic rings. The lowest BCUT2D eigenvalue weighted by molar-refractivity contribution is -0.128. The van der Waals surface area contributed by atoms with E-state index in [-0.39, 0.29) is 11.3 Å². The number of thiazole rings is 1. The van der Waals surface area contributed by atoms with E-state index in [0.717, 1.165) is 20.6 Å². The minimum absolute atomic E-state index is 0.0760. The first-order valence-corrected chi connectivity index (χ1v) is 9.21. The highest BCUT2D eigenvalue weighted by Gasteiger charge is 2.22. The van der Waals surface area contributed by atoms with Crippen molar-refractivity contribution in [2.75, 3.05) is 5.32 Å². The molecule has 0 atom stereocenters. The number of rotatable bonds is 5. The Morgan fingerprint density at radius 3 is 2.82 bits per heavy atom. The van der Waals surface area contributed by atoms with Crippen LogP contribution < -0.4 is 10.6 Å². The first-order chi connectivity index (χ1) is 10.4. The van der Waals surface area contributed by atoms with E-state index in [1.165, 1.54) is 12.8 Å². The number of amides is 1. The fraction of sp³-hybridized carbons (Fsp3) is 0.500. The SMILES string of the molecule is CC(C)(C)C(=O)NCc1ccc(-c2csc(NC3CC3)n2)s1. The molecule has 0 saturated heterocycles. The summed E-state index contributed by atoms with van der Waals surface area (Å²) >= 11 is 3.35. The zero-order chi connectivity index (χ0) is 15.7. The van der Waals surface area contributed by atoms with Crippen molar-refractivity contribution in [2.24, 2.45) is 5.41 Å². The summed E-state index contributed by atoms with van der Waals surface area (Å²) < 4.78 is 0. The van der Waals surface area contributed by atoms with Crippen molar-refractivity contribution in [1.82, 2.24) is 10.3 Å². The van der Waals surface area contributed by atoms with Gasteiger partial charge in [0, 0.05) is 21.7 Å². The van der Waals surface area contributed by atoms with Crippen molar-refractivity contribution in [3.05, 3.63) is 22.4 Å². The fourth-order valence-electron chi connectivity index (χ4n) is 1.90. The molecule has 1 aliphatic rings. The highest BCUT2D eigenvalue weighted by atomic mass is 32.1. The molecular formula is C16H21N3OS2. The largest absolute Gasteiger partial charge is 0.359 e. The number of anilines is 1. The Balaban J connectivity index is 1.60. The van der Waals surface area contributed by atoms with Crippen LogP contribution >= 0.6 is 22.7 Å². The summed E-state index contributed by atoms with van der Waals surface area (Å²) in [7, 11) is 0. The highest BCUT2D eigenvalue weighted by molar-refractivity contribution is 7.17. The number of carbonyl (C=O) groups excluding carboxylic acids is 1. The van der Waals surface area contributed by atoms with E-state index in [2.05, 4.69) is 33.1 Å². The molecule has 0 bridgehead atoms. The summed E-state index contributed by atoms with van der Waals surface area (Å²) in [5.74, 6) is 0.0760. The van der Waals surface area contributed by atoms with Crippen LogP contribution in [0.1, 0.15) is 38.5 Å². The van der Waals surface area contributed by atoms with Crippen LogP contribution in [0.5, 0.6) is 0 Å². The van der Waals surface area contributed by atoms with E-state index < -0.39 is 0 Å². The van der Waals surface area contributed by atoms with Crippen LogP contribution in [0.4, 0.5) is 5.13 Å². The van der Waals surface area contributed by atoms with Crippen molar-refractivity contribution in [3.63, 3.8) is 0 Å². The Morgan fingerprint density at radius 2 is 2.14 bits per heavy atom. The lowest BCUT2D eigenvalue weighted by Gasteiger charge is -2.17. The van der Waals surface area contributed by atoms with Gasteiger partial charge in [-0.05, 0) is 25.0 Å². The molecule has 0 unspecified atom stereocenters. The predicted molar refractivity (Wildman–Crippen MR) is 93.4 cm³/mol. The average Bonchev–Trinajstić information content (AvgIpc) is 2.96. The number of thiophene rings is 1. The molecule has 6 heteroatoms. The standard InChI is InChI=1S/C16H21N3OS2/c1-16(2,3)14(20)17-8-11-6-7-13(22-11)12-9-21-15(19-12)18-10-4-5-10/h6-7,9-10H,4-5,8H2,1-3H3,(H,17,20)(H,18,19). The van der Waals surface area contributed by atoms with Gasteiger partial charge in [0.25, 0.3) is 0 Å². The Kier molecular flexibility index (Phi) is 4.23. The topological polar surface area (TPSA) is 54.0 Å². The van der Waals surface area contributed by atoms with E-state index >= 15 is 0 Å². The number of hydrogen-bond donors (Lipinski definition) is 2. The molecule has 2 aromatic heterocycles. The lowest BCUT2D eigenvalue weighted by atomic mass is 9.96. The molecule has 1 aliphatic carbocycles. The van der Waals surface area contributed by atoms with Gasteiger partial charge in [-0.2, -0.15) is 0 Å². The monoisotopic (exact) mass is 335 g/mol. The third-order valence-corrected chi connectivity index (χ3v) is 5.31. The van der Waals surface area contributed by atoms with Gasteiger partial charge in [0.15, 0.2) is 5.13 Å². The molecule has 0 radical (unpaired) electrons. The highest BCUT2D eigenvalue weighted by Crippen LogP contribution is 2.33. The lowest BCUT2D eigenvalue weighted by Crippen LogP contribution is -2.34. The second-order valence-corrected chi connectivity index (χ2v) is 8.68. The van der Waals surface area contributed by atoms with Crippen LogP contribution in [0.25, 0.3) is 10.6 Å². The first-order valence-electron chi connectivity index (χ1n) is 7.51. The molecular weight excluding hydrogens is 314 g/mol. The Hall–Kier alpha value is -1.40. The second kappa shape index (κ2) is 6.01. The van der Waals surface area contributed by atoms with E-state index in [9.17, 15) is 4.79 Å². The van der Waals surface area contributed by atoms with E-state index in [0.29, 0.717) is 12.6 Å². The van der Waals surface area contributed by atoms with Crippen molar-refractivity contribution < 1.29 is 4.79 Å². The molecule has 2 heterocycles. The smallest absolute Gasteiger partial charge is 0.225 e. The second-order valence-electron chi connectivity index (χ2n) is 6.66. The third kappa shape index (κ3) is 3.87. The molecule has 1 fully saturated rings. The maximum atomic E-state index is 11.9. The molecule has 22 heavy (non-hydrogen) atoms. The van der Waals surface area contributed by atoms with Crippen LogP contribution in [0, 0.1) is 5.41 Å². The minimum atomic E-state index is -0.349. The maximum Gasteiger partial charge on any atom is 0.225 e. The van der Waals surface area contributed by atoms with Crippen molar-refractivity contribution in [1.29, 1.82) is 0 Å². The fourth-order valence-corrected chi connectivity index (χ4v) is 3.67. The quantitative estimate of drug-likeness (QED) is 0.864. The van der Waals surface area contributed by atoms with Gasteiger partial charge in [-0.3, -0.25) is 4.79 Å². The van der Waals surface area contributed by atoms with Crippen molar-refractivity contribution in [3.8, 4) is 10.6 Å². The summed E-state index contributed by atoms with van der Waals surface area (Å²) in [5.41, 5.74) is 0.671. The molecule has 1 amide bonds. The maximum absolute atomic E-state index is 11.9. The normalized spacial score (nSPS) is 14.9. The molecule has 1 saturated carbocycles. The zero-order valence-corrected chi connectivity index (χ0v) is 14.7. The molecule has 0 aromatic carbocycles. The van der Waals surface area contributed by atoms with Gasteiger partial charge in [-0.1, -0.05) is 20.8 Å². The number of carbonyl (C=O) groups is 1. The number of nitrogens with zero attached hydrogens (tertiary/aromatic N) is 1. The summed E-state index contributed by atoms with van der Waals surface area (Å²) in [6.07, 6.45) is 2.51. The van der Waals surface area contributed by atoms with Gasteiger partial charge in [0.1, 0.15) is 0 Å². The molecule has 0 spiro atoms. The van der Waals surface area contributed by atoms with Crippen LogP contribution in [-0.4, -0.2) is 16.9 Å². The summed E-state index contributed by atoms with van der Waals surface area (Å²) in [6.45, 7) is 6.35. The Labute approximate surface area is 139 Å². The van der Waals surface area contributed by atoms with E-state index in [4.69, 9.17) is 0 Å². The Morgan fingerprint density at radius 1 is 1.36 bits per heavy atom. The van der Waals surface area contributed by atoms with Crippen LogP contribution in [0.15, 0.2) is 17.5 Å². The van der Waals surface area contributed by atoms with Crippen molar-refractivity contribution >= 4 is 33.7 Å².